The van der Waals surface area contributed by atoms with Crippen LogP contribution in [0.15, 0.2) is 12.3 Å². The Labute approximate surface area is 120 Å². The maximum atomic E-state index is 12.0. The largest absolute Gasteiger partial charge is 0.378 e. The number of aromatic nitrogens is 1. The zero-order valence-electron chi connectivity index (χ0n) is 12.4. The van der Waals surface area contributed by atoms with Gasteiger partial charge in [0.15, 0.2) is 0 Å². The molecule has 2 heterocycles. The molecule has 4 nitrogen and oxygen atoms in total. The molecule has 20 heavy (non-hydrogen) atoms. The van der Waals surface area contributed by atoms with Crippen LogP contribution in [0, 0.1) is 13.8 Å². The van der Waals surface area contributed by atoms with Gasteiger partial charge < -0.3 is 10.1 Å². The van der Waals surface area contributed by atoms with Gasteiger partial charge in [-0.1, -0.05) is 0 Å². The van der Waals surface area contributed by atoms with E-state index in [4.69, 9.17) is 4.74 Å². The Morgan fingerprint density at radius 2 is 2.30 bits per heavy atom. The summed E-state index contributed by atoms with van der Waals surface area (Å²) in [6.45, 7) is 5.56. The highest BCUT2D eigenvalue weighted by Gasteiger charge is 2.14. The average Bonchev–Trinajstić information content (AvgIpc) is 2.94. The van der Waals surface area contributed by atoms with Gasteiger partial charge in [0.2, 0.25) is 0 Å². The Hall–Kier alpha value is -1.42. The number of aryl methyl sites for hydroxylation is 2. The molecule has 2 rings (SSSR count). The number of hydrogen-bond acceptors (Lipinski definition) is 3. The molecule has 4 heteroatoms. The van der Waals surface area contributed by atoms with Gasteiger partial charge >= 0.3 is 0 Å². The molecule has 1 aromatic rings. The summed E-state index contributed by atoms with van der Waals surface area (Å²) in [6.07, 6.45) is 7.71. The molecule has 0 bridgehead atoms. The third-order valence-corrected chi connectivity index (χ3v) is 3.86. The molecule has 110 valence electrons. The number of amides is 1. The van der Waals surface area contributed by atoms with E-state index in [-0.39, 0.29) is 5.91 Å². The number of carbonyl (C=O) groups excluding carboxylic acids is 1. The Balaban J connectivity index is 1.65. The first-order valence-corrected chi connectivity index (χ1v) is 7.50. The Morgan fingerprint density at radius 3 is 3.00 bits per heavy atom. The van der Waals surface area contributed by atoms with Crippen LogP contribution in [0.2, 0.25) is 0 Å². The predicted octanol–water partition coefficient (Wildman–Crippen LogP) is 2.78. The second-order valence-electron chi connectivity index (χ2n) is 5.51. The summed E-state index contributed by atoms with van der Waals surface area (Å²) in [5.41, 5.74) is 2.67. The highest BCUT2D eigenvalue weighted by Crippen LogP contribution is 2.17. The zero-order valence-corrected chi connectivity index (χ0v) is 12.4. The molecule has 1 aromatic heterocycles. The molecular weight excluding hydrogens is 252 g/mol. The van der Waals surface area contributed by atoms with Gasteiger partial charge in [0.05, 0.1) is 11.7 Å². The number of ether oxygens (including phenoxy) is 1. The van der Waals surface area contributed by atoms with Crippen molar-refractivity contribution in [2.45, 2.75) is 52.1 Å². The number of pyridine rings is 1. The van der Waals surface area contributed by atoms with Crippen LogP contribution >= 0.6 is 0 Å². The first kappa shape index (κ1) is 15.0. The molecular formula is C16H24N2O2. The molecule has 1 fully saturated rings. The van der Waals surface area contributed by atoms with Crippen molar-refractivity contribution in [2.24, 2.45) is 0 Å². The van der Waals surface area contributed by atoms with Crippen LogP contribution in [0.5, 0.6) is 0 Å². The van der Waals surface area contributed by atoms with E-state index in [1.54, 1.807) is 6.20 Å². The Morgan fingerprint density at radius 1 is 1.45 bits per heavy atom. The van der Waals surface area contributed by atoms with Gasteiger partial charge in [0.1, 0.15) is 0 Å². The monoisotopic (exact) mass is 276 g/mol. The predicted molar refractivity (Wildman–Crippen MR) is 78.9 cm³/mol. The number of unbranched alkanes of at least 4 members (excludes halogenated alkanes) is 1. The lowest BCUT2D eigenvalue weighted by atomic mass is 10.1. The summed E-state index contributed by atoms with van der Waals surface area (Å²) in [7, 11) is 0. The molecule has 1 saturated heterocycles. The van der Waals surface area contributed by atoms with Gasteiger partial charge in [-0.15, -0.1) is 0 Å². The van der Waals surface area contributed by atoms with Crippen LogP contribution in [0.4, 0.5) is 0 Å². The molecule has 0 radical (unpaired) electrons. The van der Waals surface area contributed by atoms with Crippen molar-refractivity contribution in [1.29, 1.82) is 0 Å². The van der Waals surface area contributed by atoms with E-state index in [0.717, 1.165) is 43.7 Å². The van der Waals surface area contributed by atoms with Crippen molar-refractivity contribution >= 4 is 5.91 Å². The van der Waals surface area contributed by atoms with Gasteiger partial charge in [-0.3, -0.25) is 9.78 Å². The summed E-state index contributed by atoms with van der Waals surface area (Å²) in [5.74, 6) is -0.0299. The topological polar surface area (TPSA) is 51.2 Å². The van der Waals surface area contributed by atoms with E-state index in [2.05, 4.69) is 10.3 Å². The van der Waals surface area contributed by atoms with Gasteiger partial charge in [0.25, 0.3) is 5.91 Å². The zero-order chi connectivity index (χ0) is 14.4. The minimum atomic E-state index is -0.0299. The summed E-state index contributed by atoms with van der Waals surface area (Å²) >= 11 is 0. The molecule has 1 amide bonds. The van der Waals surface area contributed by atoms with Crippen LogP contribution in [-0.4, -0.2) is 30.1 Å². The number of rotatable bonds is 6. The first-order valence-electron chi connectivity index (χ1n) is 7.50. The Bertz CT molecular complexity index is 454. The van der Waals surface area contributed by atoms with Crippen molar-refractivity contribution in [3.8, 4) is 0 Å². The molecule has 1 aliphatic heterocycles. The van der Waals surface area contributed by atoms with Gasteiger partial charge in [0, 0.05) is 25.0 Å². The maximum absolute atomic E-state index is 12.0. The minimum Gasteiger partial charge on any atom is -0.378 e. The van der Waals surface area contributed by atoms with E-state index >= 15 is 0 Å². The molecule has 1 unspecified atom stereocenters. The van der Waals surface area contributed by atoms with Crippen LogP contribution in [0.25, 0.3) is 0 Å². The number of nitrogens with one attached hydrogen (secondary N) is 1. The Kier molecular flexibility index (Phi) is 5.53. The van der Waals surface area contributed by atoms with Crippen LogP contribution < -0.4 is 5.32 Å². The van der Waals surface area contributed by atoms with E-state index in [0.29, 0.717) is 11.7 Å². The quantitative estimate of drug-likeness (QED) is 0.813. The first-order chi connectivity index (χ1) is 9.66. The normalized spacial score (nSPS) is 18.2. The van der Waals surface area contributed by atoms with Crippen molar-refractivity contribution in [2.75, 3.05) is 13.2 Å². The molecule has 0 aromatic carbocycles. The second-order valence-corrected chi connectivity index (χ2v) is 5.51. The lowest BCUT2D eigenvalue weighted by Crippen LogP contribution is -2.25. The fraction of sp³-hybridized carbons (Fsp3) is 0.625. The van der Waals surface area contributed by atoms with Crippen molar-refractivity contribution in [3.05, 3.63) is 29.1 Å². The molecule has 0 saturated carbocycles. The van der Waals surface area contributed by atoms with Crippen molar-refractivity contribution < 1.29 is 9.53 Å². The van der Waals surface area contributed by atoms with Crippen molar-refractivity contribution in [3.63, 3.8) is 0 Å². The van der Waals surface area contributed by atoms with E-state index in [9.17, 15) is 4.79 Å². The van der Waals surface area contributed by atoms with Gasteiger partial charge in [-0.2, -0.15) is 0 Å². The van der Waals surface area contributed by atoms with Crippen molar-refractivity contribution in [1.82, 2.24) is 10.3 Å². The average molecular weight is 276 g/mol. The maximum Gasteiger partial charge on any atom is 0.252 e. The summed E-state index contributed by atoms with van der Waals surface area (Å²) in [4.78, 5) is 16.2. The summed E-state index contributed by atoms with van der Waals surface area (Å²) in [6, 6.07) is 1.89. The number of hydrogen-bond donors (Lipinski definition) is 1. The third kappa shape index (κ3) is 4.30. The molecule has 1 N–H and O–H groups in total. The summed E-state index contributed by atoms with van der Waals surface area (Å²) < 4.78 is 5.58. The molecule has 0 spiro atoms. The molecule has 0 aliphatic carbocycles. The van der Waals surface area contributed by atoms with E-state index < -0.39 is 0 Å². The fourth-order valence-corrected chi connectivity index (χ4v) is 2.44. The smallest absolute Gasteiger partial charge is 0.252 e. The number of nitrogens with zero attached hydrogens (tertiary/aromatic N) is 1. The second kappa shape index (κ2) is 7.39. The lowest BCUT2D eigenvalue weighted by molar-refractivity contribution is 0.0946. The molecule has 1 aliphatic rings. The van der Waals surface area contributed by atoms with E-state index in [1.807, 2.05) is 19.9 Å². The van der Waals surface area contributed by atoms with E-state index in [1.165, 1.54) is 12.8 Å². The lowest BCUT2D eigenvalue weighted by Gasteiger charge is -2.09. The van der Waals surface area contributed by atoms with Crippen LogP contribution in [-0.2, 0) is 4.74 Å². The minimum absolute atomic E-state index is 0.0299. The van der Waals surface area contributed by atoms with Gasteiger partial charge in [-0.25, -0.2) is 0 Å². The fourth-order valence-electron chi connectivity index (χ4n) is 2.44. The molecule has 1 atom stereocenters. The standard InChI is InChI=1S/C16H24N2O2/c1-12-10-14(11-18-13(12)2)16(19)17-8-4-3-6-15-7-5-9-20-15/h10-11,15H,3-9H2,1-2H3,(H,17,19). The van der Waals surface area contributed by atoms with Gasteiger partial charge in [-0.05, 0) is 57.6 Å². The SMILES string of the molecule is Cc1cc(C(=O)NCCCCC2CCCO2)cnc1C. The highest BCUT2D eigenvalue weighted by molar-refractivity contribution is 5.94. The van der Waals surface area contributed by atoms with Crippen LogP contribution in [0.3, 0.4) is 0 Å². The summed E-state index contributed by atoms with van der Waals surface area (Å²) in [5, 5.41) is 2.95. The number of carbonyl (C=O) groups is 1. The van der Waals surface area contributed by atoms with Crippen LogP contribution in [0.1, 0.15) is 53.7 Å². The highest BCUT2D eigenvalue weighted by atomic mass is 16.5. The third-order valence-electron chi connectivity index (χ3n) is 3.86.